The molecule has 1 aliphatic rings. The lowest BCUT2D eigenvalue weighted by molar-refractivity contribution is -0.148. The molecule has 1 saturated carbocycles. The van der Waals surface area contributed by atoms with E-state index in [1.807, 2.05) is 20.8 Å². The number of carbonyl (C=O) groups is 1. The summed E-state index contributed by atoms with van der Waals surface area (Å²) < 4.78 is 15.9. The normalized spacial score (nSPS) is 18.4. The molecule has 0 amide bonds. The smallest absolute Gasteiger partial charge is 0.325 e. The Kier molecular flexibility index (Phi) is 7.23. The van der Waals surface area contributed by atoms with E-state index < -0.39 is 0 Å². The number of ether oxygens (including phenoxy) is 3. The number of carbonyl (C=O) groups excluding carboxylic acids is 1. The standard InChI is InChI=1S/C13H25NO4/c1-4-16-8-10(3)18-9-12(13(15)17-5-2)14-11-6-7-11/h10-12,14H,4-9H2,1-3H3. The Morgan fingerprint density at radius 1 is 1.28 bits per heavy atom. The third-order valence-corrected chi connectivity index (χ3v) is 2.69. The van der Waals surface area contributed by atoms with E-state index in [9.17, 15) is 4.79 Å². The van der Waals surface area contributed by atoms with E-state index in [0.29, 0.717) is 32.5 Å². The summed E-state index contributed by atoms with van der Waals surface area (Å²) in [5.41, 5.74) is 0. The Morgan fingerprint density at radius 3 is 2.56 bits per heavy atom. The molecule has 0 aliphatic heterocycles. The average molecular weight is 259 g/mol. The molecule has 0 heterocycles. The van der Waals surface area contributed by atoms with Crippen molar-refractivity contribution in [2.45, 2.75) is 51.8 Å². The lowest BCUT2D eigenvalue weighted by atomic mass is 10.3. The van der Waals surface area contributed by atoms with Crippen molar-refractivity contribution in [3.8, 4) is 0 Å². The summed E-state index contributed by atoms with van der Waals surface area (Å²) in [4.78, 5) is 11.7. The second-order valence-electron chi connectivity index (χ2n) is 4.55. The van der Waals surface area contributed by atoms with E-state index in [0.717, 1.165) is 12.8 Å². The lowest BCUT2D eigenvalue weighted by Crippen LogP contribution is -2.44. The first-order valence-electron chi connectivity index (χ1n) is 6.79. The molecule has 0 spiro atoms. The largest absolute Gasteiger partial charge is 0.465 e. The first kappa shape index (κ1) is 15.4. The first-order chi connectivity index (χ1) is 8.67. The van der Waals surface area contributed by atoms with Crippen LogP contribution >= 0.6 is 0 Å². The fourth-order valence-corrected chi connectivity index (χ4v) is 1.55. The first-order valence-corrected chi connectivity index (χ1v) is 6.79. The minimum atomic E-state index is -0.360. The SMILES string of the molecule is CCOCC(C)OCC(NC1CC1)C(=O)OCC. The molecule has 18 heavy (non-hydrogen) atoms. The van der Waals surface area contributed by atoms with Crippen molar-refractivity contribution in [3.05, 3.63) is 0 Å². The van der Waals surface area contributed by atoms with E-state index in [1.54, 1.807) is 0 Å². The molecule has 0 saturated heterocycles. The predicted molar refractivity (Wildman–Crippen MR) is 68.5 cm³/mol. The molecule has 1 fully saturated rings. The fraction of sp³-hybridized carbons (Fsp3) is 0.923. The fourth-order valence-electron chi connectivity index (χ4n) is 1.55. The highest BCUT2D eigenvalue weighted by Gasteiger charge is 2.29. The highest BCUT2D eigenvalue weighted by molar-refractivity contribution is 5.76. The molecule has 2 unspecified atom stereocenters. The van der Waals surface area contributed by atoms with Crippen LogP contribution in [0.2, 0.25) is 0 Å². The van der Waals surface area contributed by atoms with Crippen molar-refractivity contribution in [2.24, 2.45) is 0 Å². The number of rotatable bonds is 10. The summed E-state index contributed by atoms with van der Waals surface area (Å²) in [6, 6.07) is 0.0896. The molecule has 0 aromatic rings. The quantitative estimate of drug-likeness (QED) is 0.596. The topological polar surface area (TPSA) is 56.8 Å². The van der Waals surface area contributed by atoms with Crippen LogP contribution in [-0.4, -0.2) is 50.6 Å². The maximum absolute atomic E-state index is 11.7. The Hall–Kier alpha value is -0.650. The Labute approximate surface area is 109 Å². The lowest BCUT2D eigenvalue weighted by Gasteiger charge is -2.20. The minimum Gasteiger partial charge on any atom is -0.465 e. The molecule has 1 rings (SSSR count). The Morgan fingerprint density at radius 2 is 2.00 bits per heavy atom. The van der Waals surface area contributed by atoms with Crippen molar-refractivity contribution in [3.63, 3.8) is 0 Å². The molecule has 0 aromatic heterocycles. The van der Waals surface area contributed by atoms with E-state index in [-0.39, 0.29) is 18.1 Å². The van der Waals surface area contributed by atoms with Crippen LogP contribution in [0.1, 0.15) is 33.6 Å². The maximum Gasteiger partial charge on any atom is 0.325 e. The van der Waals surface area contributed by atoms with Gasteiger partial charge in [-0.05, 0) is 33.6 Å². The second kappa shape index (κ2) is 8.45. The summed E-state index contributed by atoms with van der Waals surface area (Å²) in [6.45, 7) is 7.66. The molecule has 2 atom stereocenters. The van der Waals surface area contributed by atoms with Crippen molar-refractivity contribution in [1.29, 1.82) is 0 Å². The number of hydrogen-bond donors (Lipinski definition) is 1. The van der Waals surface area contributed by atoms with Crippen LogP contribution in [0, 0.1) is 0 Å². The van der Waals surface area contributed by atoms with Gasteiger partial charge in [0.05, 0.1) is 25.9 Å². The Bertz CT molecular complexity index is 243. The van der Waals surface area contributed by atoms with Gasteiger partial charge < -0.3 is 14.2 Å². The van der Waals surface area contributed by atoms with Gasteiger partial charge in [0, 0.05) is 12.6 Å². The third kappa shape index (κ3) is 6.33. The summed E-state index contributed by atoms with van der Waals surface area (Å²) >= 11 is 0. The van der Waals surface area contributed by atoms with Crippen LogP contribution in [0.25, 0.3) is 0 Å². The molecule has 5 heteroatoms. The summed E-state index contributed by atoms with van der Waals surface area (Å²) in [5, 5.41) is 3.25. The van der Waals surface area contributed by atoms with Gasteiger partial charge in [-0.1, -0.05) is 0 Å². The third-order valence-electron chi connectivity index (χ3n) is 2.69. The minimum absolute atomic E-state index is 0.0112. The van der Waals surface area contributed by atoms with Gasteiger partial charge in [-0.3, -0.25) is 10.1 Å². The number of esters is 1. The monoisotopic (exact) mass is 259 g/mol. The summed E-state index contributed by atoms with van der Waals surface area (Å²) in [5.74, 6) is -0.229. The zero-order valence-corrected chi connectivity index (χ0v) is 11.6. The maximum atomic E-state index is 11.7. The van der Waals surface area contributed by atoms with Gasteiger partial charge in [-0.2, -0.15) is 0 Å². The Balaban J connectivity index is 2.28. The summed E-state index contributed by atoms with van der Waals surface area (Å²) in [6.07, 6.45) is 2.25. The zero-order chi connectivity index (χ0) is 13.4. The van der Waals surface area contributed by atoms with Crippen molar-refractivity contribution in [1.82, 2.24) is 5.32 Å². The molecule has 106 valence electrons. The predicted octanol–water partition coefficient (Wildman–Crippen LogP) is 1.11. The molecular formula is C13H25NO4. The van der Waals surface area contributed by atoms with E-state index in [2.05, 4.69) is 5.32 Å². The van der Waals surface area contributed by atoms with Gasteiger partial charge >= 0.3 is 5.97 Å². The van der Waals surface area contributed by atoms with Crippen molar-refractivity contribution in [2.75, 3.05) is 26.4 Å². The second-order valence-corrected chi connectivity index (χ2v) is 4.55. The number of hydrogen-bond acceptors (Lipinski definition) is 5. The molecule has 5 nitrogen and oxygen atoms in total. The molecule has 0 aromatic carbocycles. The van der Waals surface area contributed by atoms with Gasteiger partial charge in [-0.15, -0.1) is 0 Å². The van der Waals surface area contributed by atoms with Crippen molar-refractivity contribution >= 4 is 5.97 Å². The van der Waals surface area contributed by atoms with E-state index >= 15 is 0 Å². The van der Waals surface area contributed by atoms with Crippen LogP contribution in [0.3, 0.4) is 0 Å². The average Bonchev–Trinajstić information content (AvgIpc) is 3.15. The van der Waals surface area contributed by atoms with Gasteiger partial charge in [0.15, 0.2) is 0 Å². The van der Waals surface area contributed by atoms with Crippen LogP contribution in [-0.2, 0) is 19.0 Å². The zero-order valence-electron chi connectivity index (χ0n) is 11.6. The molecular weight excluding hydrogens is 234 g/mol. The van der Waals surface area contributed by atoms with Crippen molar-refractivity contribution < 1.29 is 19.0 Å². The highest BCUT2D eigenvalue weighted by Crippen LogP contribution is 2.19. The highest BCUT2D eigenvalue weighted by atomic mass is 16.5. The molecule has 1 aliphatic carbocycles. The number of nitrogens with one attached hydrogen (secondary N) is 1. The van der Waals surface area contributed by atoms with Crippen LogP contribution < -0.4 is 5.32 Å². The van der Waals surface area contributed by atoms with Crippen LogP contribution in [0.15, 0.2) is 0 Å². The molecule has 1 N–H and O–H groups in total. The van der Waals surface area contributed by atoms with E-state index in [1.165, 1.54) is 0 Å². The van der Waals surface area contributed by atoms with Gasteiger partial charge in [0.2, 0.25) is 0 Å². The van der Waals surface area contributed by atoms with Crippen LogP contribution in [0.5, 0.6) is 0 Å². The van der Waals surface area contributed by atoms with Crippen LogP contribution in [0.4, 0.5) is 0 Å². The van der Waals surface area contributed by atoms with E-state index in [4.69, 9.17) is 14.2 Å². The van der Waals surface area contributed by atoms with Gasteiger partial charge in [0.1, 0.15) is 6.04 Å². The molecule has 0 bridgehead atoms. The van der Waals surface area contributed by atoms with Gasteiger partial charge in [0.25, 0.3) is 0 Å². The molecule has 0 radical (unpaired) electrons. The summed E-state index contributed by atoms with van der Waals surface area (Å²) in [7, 11) is 0. The van der Waals surface area contributed by atoms with Gasteiger partial charge in [-0.25, -0.2) is 0 Å².